The Kier molecular flexibility index (Phi) is 13.4. The first-order valence-electron chi connectivity index (χ1n) is 15.5. The quantitative estimate of drug-likeness (QED) is 0.188. The molecule has 3 aromatic carbocycles. The number of amides is 3. The second-order valence-electron chi connectivity index (χ2n) is 11.3. The van der Waals surface area contributed by atoms with E-state index in [1.54, 1.807) is 12.2 Å². The standard InChI is InChI=1S/C36H41N3O7/c40-23-30(20-26-12-4-1-5-13-26)37-33(41)22-29-18-10-11-19-32(39-36(44)46-24-28-16-8-3-9-17-28)35(43)45-25-31(38-34(29)42)21-27-14-6-2-7-15-27/h1-17,29-32,40H,18-25H2,(H,37,41)(H,38,42)(H,39,44). The minimum Gasteiger partial charge on any atom is -0.462 e. The summed E-state index contributed by atoms with van der Waals surface area (Å²) < 4.78 is 10.9. The van der Waals surface area contributed by atoms with Gasteiger partial charge in [0.1, 0.15) is 19.3 Å². The Morgan fingerprint density at radius 3 is 2.13 bits per heavy atom. The van der Waals surface area contributed by atoms with Crippen LogP contribution in [0.15, 0.2) is 103 Å². The van der Waals surface area contributed by atoms with E-state index >= 15 is 0 Å². The third kappa shape index (κ3) is 11.5. The third-order valence-electron chi connectivity index (χ3n) is 7.56. The SMILES string of the molecule is O=C(CC1CC=CCC(NC(=O)OCc2ccccc2)C(=O)OCC(Cc2ccccc2)NC1=O)NC(CO)Cc1ccccc1. The lowest BCUT2D eigenvalue weighted by Gasteiger charge is -2.25. The average Bonchev–Trinajstić information content (AvgIpc) is 3.07. The molecule has 1 aliphatic rings. The Hall–Kier alpha value is -4.96. The average molecular weight is 628 g/mol. The van der Waals surface area contributed by atoms with E-state index in [1.165, 1.54) is 0 Å². The number of aliphatic hydroxyl groups is 1. The predicted molar refractivity (Wildman–Crippen MR) is 172 cm³/mol. The molecule has 0 bridgehead atoms. The summed E-state index contributed by atoms with van der Waals surface area (Å²) >= 11 is 0. The van der Waals surface area contributed by atoms with Crippen molar-refractivity contribution in [2.75, 3.05) is 13.2 Å². The molecule has 10 nitrogen and oxygen atoms in total. The lowest BCUT2D eigenvalue weighted by atomic mass is 9.97. The van der Waals surface area contributed by atoms with Crippen LogP contribution in [0, 0.1) is 5.92 Å². The van der Waals surface area contributed by atoms with Gasteiger partial charge < -0.3 is 30.5 Å². The van der Waals surface area contributed by atoms with E-state index in [0.29, 0.717) is 12.8 Å². The van der Waals surface area contributed by atoms with Gasteiger partial charge in [-0.1, -0.05) is 103 Å². The summed E-state index contributed by atoms with van der Waals surface area (Å²) in [4.78, 5) is 52.2. The normalized spacial score (nSPS) is 19.4. The number of nitrogens with one attached hydrogen (secondary N) is 3. The minimum absolute atomic E-state index is 0.0433. The zero-order chi connectivity index (χ0) is 32.6. The van der Waals surface area contributed by atoms with Gasteiger partial charge in [-0.3, -0.25) is 9.59 Å². The molecule has 0 radical (unpaired) electrons. The van der Waals surface area contributed by atoms with Crippen LogP contribution in [0.1, 0.15) is 36.0 Å². The van der Waals surface area contributed by atoms with Crippen LogP contribution in [0.3, 0.4) is 0 Å². The molecule has 3 amide bonds. The van der Waals surface area contributed by atoms with Crippen LogP contribution in [-0.4, -0.2) is 60.3 Å². The predicted octanol–water partition coefficient (Wildman–Crippen LogP) is 3.63. The molecule has 0 saturated heterocycles. The molecule has 0 saturated carbocycles. The van der Waals surface area contributed by atoms with E-state index in [2.05, 4.69) is 16.0 Å². The van der Waals surface area contributed by atoms with Crippen molar-refractivity contribution in [2.45, 2.75) is 56.8 Å². The molecular formula is C36H41N3O7. The summed E-state index contributed by atoms with van der Waals surface area (Å²) in [6.07, 6.45) is 3.69. The first-order chi connectivity index (χ1) is 22.4. The van der Waals surface area contributed by atoms with E-state index in [9.17, 15) is 24.3 Å². The fraction of sp³-hybridized carbons (Fsp3) is 0.333. The van der Waals surface area contributed by atoms with Crippen molar-refractivity contribution in [3.8, 4) is 0 Å². The Morgan fingerprint density at radius 1 is 0.870 bits per heavy atom. The molecule has 4 unspecified atom stereocenters. The van der Waals surface area contributed by atoms with Crippen molar-refractivity contribution in [3.05, 3.63) is 120 Å². The van der Waals surface area contributed by atoms with Crippen molar-refractivity contribution in [1.29, 1.82) is 0 Å². The molecular weight excluding hydrogens is 586 g/mol. The van der Waals surface area contributed by atoms with Crippen LogP contribution in [-0.2, 0) is 43.3 Å². The molecule has 10 heteroatoms. The second kappa shape index (κ2) is 18.1. The lowest BCUT2D eigenvalue weighted by molar-refractivity contribution is -0.147. The van der Waals surface area contributed by atoms with Gasteiger partial charge in [-0.2, -0.15) is 0 Å². The summed E-state index contributed by atoms with van der Waals surface area (Å²) in [7, 11) is 0. The van der Waals surface area contributed by atoms with Gasteiger partial charge in [-0.25, -0.2) is 9.59 Å². The molecule has 0 spiro atoms. The summed E-state index contributed by atoms with van der Waals surface area (Å²) in [5.41, 5.74) is 2.70. The van der Waals surface area contributed by atoms with E-state index in [1.807, 2.05) is 91.0 Å². The summed E-state index contributed by atoms with van der Waals surface area (Å²) in [5, 5.41) is 18.3. The Balaban J connectivity index is 1.44. The van der Waals surface area contributed by atoms with Crippen molar-refractivity contribution < 1.29 is 33.8 Å². The number of hydrogen-bond acceptors (Lipinski definition) is 7. The number of benzene rings is 3. The molecule has 242 valence electrons. The number of carbonyl (C=O) groups is 4. The van der Waals surface area contributed by atoms with Crippen LogP contribution >= 0.6 is 0 Å². The van der Waals surface area contributed by atoms with Crippen LogP contribution in [0.2, 0.25) is 0 Å². The molecule has 4 rings (SSSR count). The minimum atomic E-state index is -1.02. The highest BCUT2D eigenvalue weighted by Gasteiger charge is 2.28. The molecule has 1 aliphatic heterocycles. The molecule has 0 fully saturated rings. The lowest BCUT2D eigenvalue weighted by Crippen LogP contribution is -2.47. The fourth-order valence-electron chi connectivity index (χ4n) is 5.12. The monoisotopic (exact) mass is 627 g/mol. The molecule has 3 aromatic rings. The molecule has 0 aromatic heterocycles. The first kappa shape index (κ1) is 33.9. The van der Waals surface area contributed by atoms with E-state index in [0.717, 1.165) is 16.7 Å². The summed E-state index contributed by atoms with van der Waals surface area (Å²) in [6, 6.07) is 26.1. The maximum absolute atomic E-state index is 13.5. The van der Waals surface area contributed by atoms with Crippen LogP contribution in [0.4, 0.5) is 4.79 Å². The molecule has 0 aliphatic carbocycles. The van der Waals surface area contributed by atoms with Gasteiger partial charge in [-0.05, 0) is 42.4 Å². The van der Waals surface area contributed by atoms with Crippen LogP contribution < -0.4 is 16.0 Å². The number of allylic oxidation sites excluding steroid dienone is 1. The van der Waals surface area contributed by atoms with Crippen molar-refractivity contribution in [2.24, 2.45) is 5.92 Å². The highest BCUT2D eigenvalue weighted by Crippen LogP contribution is 2.15. The van der Waals surface area contributed by atoms with E-state index < -0.39 is 36.1 Å². The van der Waals surface area contributed by atoms with Crippen molar-refractivity contribution in [3.63, 3.8) is 0 Å². The maximum Gasteiger partial charge on any atom is 0.408 e. The number of cyclic esters (lactones) is 1. The van der Waals surface area contributed by atoms with Gasteiger partial charge in [0.05, 0.1) is 24.6 Å². The number of ether oxygens (including phenoxy) is 2. The maximum atomic E-state index is 13.5. The molecule has 1 heterocycles. The fourth-order valence-corrected chi connectivity index (χ4v) is 5.12. The topological polar surface area (TPSA) is 143 Å². The van der Waals surface area contributed by atoms with Crippen molar-refractivity contribution in [1.82, 2.24) is 16.0 Å². The third-order valence-corrected chi connectivity index (χ3v) is 7.56. The van der Waals surface area contributed by atoms with Crippen LogP contribution in [0.5, 0.6) is 0 Å². The molecule has 4 N–H and O–H groups in total. The van der Waals surface area contributed by atoms with Crippen molar-refractivity contribution >= 4 is 23.9 Å². The van der Waals surface area contributed by atoms with E-state index in [-0.39, 0.29) is 50.9 Å². The Bertz CT molecular complexity index is 1430. The molecule has 4 atom stereocenters. The van der Waals surface area contributed by atoms with E-state index in [4.69, 9.17) is 9.47 Å². The number of hydrogen-bond donors (Lipinski definition) is 4. The van der Waals surface area contributed by atoms with Gasteiger partial charge in [0.15, 0.2) is 0 Å². The largest absolute Gasteiger partial charge is 0.462 e. The van der Waals surface area contributed by atoms with Gasteiger partial charge >= 0.3 is 12.1 Å². The molecule has 46 heavy (non-hydrogen) atoms. The van der Waals surface area contributed by atoms with Gasteiger partial charge in [-0.15, -0.1) is 0 Å². The zero-order valence-electron chi connectivity index (χ0n) is 25.7. The van der Waals surface area contributed by atoms with Crippen LogP contribution in [0.25, 0.3) is 0 Å². The van der Waals surface area contributed by atoms with Gasteiger partial charge in [0, 0.05) is 6.42 Å². The number of carbonyl (C=O) groups excluding carboxylic acids is 4. The summed E-state index contributed by atoms with van der Waals surface area (Å²) in [6.45, 7) is -0.339. The highest BCUT2D eigenvalue weighted by atomic mass is 16.6. The Morgan fingerprint density at radius 2 is 1.48 bits per heavy atom. The number of aliphatic hydroxyl groups excluding tert-OH is 1. The zero-order valence-corrected chi connectivity index (χ0v) is 25.7. The summed E-state index contributed by atoms with van der Waals surface area (Å²) in [5.74, 6) is -2.08. The van der Waals surface area contributed by atoms with Gasteiger partial charge in [0.2, 0.25) is 11.8 Å². The second-order valence-corrected chi connectivity index (χ2v) is 11.3. The first-order valence-corrected chi connectivity index (χ1v) is 15.5. The van der Waals surface area contributed by atoms with Gasteiger partial charge in [0.25, 0.3) is 0 Å². The highest BCUT2D eigenvalue weighted by molar-refractivity contribution is 5.86. The number of rotatable bonds is 11. The smallest absolute Gasteiger partial charge is 0.408 e. The number of esters is 1. The Labute approximate surface area is 269 Å². The number of alkyl carbamates (subject to hydrolysis) is 1.